The number of nitrogens with one attached hydrogen (secondary N) is 2. The standard InChI is InChI=1S/C18H18BrN3O3/c19-8-1-2-9-20-14-5-3-4-12-13(14)10-22(16(12)11-23)15-6-7-17(24)21-18(15)25/h1-5,15,20H,6-10H2,(H,21,24,25). The maximum Gasteiger partial charge on any atom is 0.249 e. The van der Waals surface area contributed by atoms with E-state index in [-0.39, 0.29) is 18.2 Å². The molecule has 2 N–H and O–H groups in total. The van der Waals surface area contributed by atoms with Crippen LogP contribution in [0.15, 0.2) is 30.4 Å². The van der Waals surface area contributed by atoms with Crippen LogP contribution >= 0.6 is 15.9 Å². The van der Waals surface area contributed by atoms with Crippen LogP contribution in [0.1, 0.15) is 24.0 Å². The smallest absolute Gasteiger partial charge is 0.249 e. The Kier molecular flexibility index (Phi) is 5.36. The molecule has 2 amide bonds. The zero-order valence-corrected chi connectivity index (χ0v) is 15.1. The Bertz CT molecular complexity index is 784. The van der Waals surface area contributed by atoms with Crippen molar-refractivity contribution in [3.05, 3.63) is 41.5 Å². The zero-order chi connectivity index (χ0) is 17.8. The van der Waals surface area contributed by atoms with Crippen molar-refractivity contribution in [2.75, 3.05) is 17.2 Å². The van der Waals surface area contributed by atoms with E-state index < -0.39 is 6.04 Å². The largest absolute Gasteiger partial charge is 0.381 e. The minimum atomic E-state index is -0.525. The number of piperidine rings is 1. The summed E-state index contributed by atoms with van der Waals surface area (Å²) in [4.78, 5) is 36.9. The summed E-state index contributed by atoms with van der Waals surface area (Å²) in [6.45, 7) is 1.11. The predicted molar refractivity (Wildman–Crippen MR) is 98.7 cm³/mol. The molecular weight excluding hydrogens is 386 g/mol. The van der Waals surface area contributed by atoms with Crippen LogP contribution in [0.3, 0.4) is 0 Å². The number of fused-ring (bicyclic) bond motifs is 1. The van der Waals surface area contributed by atoms with E-state index in [9.17, 15) is 14.4 Å². The van der Waals surface area contributed by atoms with E-state index in [0.29, 0.717) is 25.2 Å². The van der Waals surface area contributed by atoms with Crippen LogP contribution in [-0.4, -0.2) is 40.6 Å². The molecule has 3 rings (SSSR count). The fraction of sp³-hybridized carbons (Fsp3) is 0.333. The molecular formula is C18H18BrN3O3. The number of carbonyl (C=O) groups excluding carboxylic acids is 3. The topological polar surface area (TPSA) is 78.5 Å². The molecule has 1 atom stereocenters. The molecule has 1 fully saturated rings. The van der Waals surface area contributed by atoms with Crippen molar-refractivity contribution in [1.82, 2.24) is 10.2 Å². The van der Waals surface area contributed by atoms with Crippen LogP contribution in [0.5, 0.6) is 0 Å². The fourth-order valence-electron chi connectivity index (χ4n) is 3.22. The molecule has 2 aliphatic heterocycles. The van der Waals surface area contributed by atoms with E-state index in [4.69, 9.17) is 0 Å². The van der Waals surface area contributed by atoms with Crippen LogP contribution in [0, 0.1) is 0 Å². The lowest BCUT2D eigenvalue weighted by Gasteiger charge is -2.30. The number of rotatable bonds is 5. The summed E-state index contributed by atoms with van der Waals surface area (Å²) in [6, 6.07) is 5.17. The highest BCUT2D eigenvalue weighted by Gasteiger charge is 2.38. The van der Waals surface area contributed by atoms with Gasteiger partial charge in [0.05, 0.1) is 0 Å². The Labute approximate surface area is 154 Å². The first kappa shape index (κ1) is 17.5. The van der Waals surface area contributed by atoms with Crippen LogP contribution < -0.4 is 10.6 Å². The molecule has 2 aliphatic rings. The number of alkyl halides is 1. The van der Waals surface area contributed by atoms with Crippen molar-refractivity contribution in [1.29, 1.82) is 0 Å². The van der Waals surface area contributed by atoms with Crippen molar-refractivity contribution < 1.29 is 14.4 Å². The molecule has 0 spiro atoms. The van der Waals surface area contributed by atoms with Crippen LogP contribution in [0.2, 0.25) is 0 Å². The molecule has 1 aromatic carbocycles. The Morgan fingerprint density at radius 1 is 1.36 bits per heavy atom. The molecule has 6 nitrogen and oxygen atoms in total. The van der Waals surface area contributed by atoms with Crippen molar-refractivity contribution in [2.45, 2.75) is 25.4 Å². The second kappa shape index (κ2) is 7.68. The number of carbonyl (C=O) groups is 2. The molecule has 0 saturated carbocycles. The summed E-state index contributed by atoms with van der Waals surface area (Å²) in [5.74, 6) is 1.36. The number of allylic oxidation sites excluding steroid dienone is 1. The van der Waals surface area contributed by atoms with Gasteiger partial charge in [-0.1, -0.05) is 40.2 Å². The van der Waals surface area contributed by atoms with E-state index in [0.717, 1.165) is 22.1 Å². The zero-order valence-electron chi connectivity index (χ0n) is 13.5. The van der Waals surface area contributed by atoms with Crippen molar-refractivity contribution >= 4 is 45.1 Å². The molecule has 2 heterocycles. The minimum Gasteiger partial charge on any atom is -0.381 e. The van der Waals surface area contributed by atoms with E-state index in [1.807, 2.05) is 36.3 Å². The van der Waals surface area contributed by atoms with E-state index in [1.54, 1.807) is 4.90 Å². The van der Waals surface area contributed by atoms with Gasteiger partial charge in [0.15, 0.2) is 5.94 Å². The van der Waals surface area contributed by atoms with Gasteiger partial charge >= 0.3 is 0 Å². The van der Waals surface area contributed by atoms with Crippen LogP contribution in [0.25, 0.3) is 5.70 Å². The molecule has 130 valence electrons. The Hall–Kier alpha value is -2.37. The summed E-state index contributed by atoms with van der Waals surface area (Å²) >= 11 is 3.34. The third kappa shape index (κ3) is 3.52. The Balaban J connectivity index is 1.85. The number of imide groups is 1. The Morgan fingerprint density at radius 2 is 2.20 bits per heavy atom. The molecule has 7 heteroatoms. The molecule has 0 radical (unpaired) electrons. The average molecular weight is 404 g/mol. The highest BCUT2D eigenvalue weighted by atomic mass is 79.9. The Morgan fingerprint density at radius 3 is 2.92 bits per heavy atom. The molecule has 1 unspecified atom stereocenters. The molecule has 0 aliphatic carbocycles. The number of amides is 2. The van der Waals surface area contributed by atoms with Gasteiger partial charge in [-0.2, -0.15) is 0 Å². The molecule has 0 aromatic heterocycles. The third-order valence-corrected chi connectivity index (χ3v) is 4.77. The lowest BCUT2D eigenvalue weighted by Crippen LogP contribution is -2.50. The minimum absolute atomic E-state index is 0.268. The van der Waals surface area contributed by atoms with Gasteiger partial charge in [0.25, 0.3) is 0 Å². The van der Waals surface area contributed by atoms with Gasteiger partial charge in [-0.15, -0.1) is 0 Å². The van der Waals surface area contributed by atoms with Crippen molar-refractivity contribution in [3.63, 3.8) is 0 Å². The second-order valence-corrected chi connectivity index (χ2v) is 6.53. The SMILES string of the molecule is O=C=C1c2cccc(NCC=CCBr)c2CN1C1CCC(=O)NC1=O. The highest BCUT2D eigenvalue weighted by Crippen LogP contribution is 2.38. The van der Waals surface area contributed by atoms with E-state index >= 15 is 0 Å². The summed E-state index contributed by atoms with van der Waals surface area (Å²) in [5, 5.41) is 6.48. The van der Waals surface area contributed by atoms with Gasteiger partial charge in [-0.05, 0) is 12.5 Å². The third-order valence-electron chi connectivity index (χ3n) is 4.40. The van der Waals surface area contributed by atoms with Gasteiger partial charge in [-0.3, -0.25) is 14.9 Å². The highest BCUT2D eigenvalue weighted by molar-refractivity contribution is 9.09. The monoisotopic (exact) mass is 403 g/mol. The molecule has 0 bridgehead atoms. The first-order chi connectivity index (χ1) is 12.2. The number of anilines is 1. The van der Waals surface area contributed by atoms with Gasteiger partial charge in [0.2, 0.25) is 11.8 Å². The number of hydrogen-bond acceptors (Lipinski definition) is 5. The number of hydrogen-bond donors (Lipinski definition) is 2. The number of benzene rings is 1. The first-order valence-electron chi connectivity index (χ1n) is 8.08. The maximum atomic E-state index is 12.2. The normalized spacial score (nSPS) is 19.8. The average Bonchev–Trinajstić information content (AvgIpc) is 2.97. The molecule has 1 aromatic rings. The quantitative estimate of drug-likeness (QED) is 0.339. The van der Waals surface area contributed by atoms with Gasteiger partial charge < -0.3 is 10.2 Å². The van der Waals surface area contributed by atoms with Gasteiger partial charge in [-0.25, -0.2) is 4.79 Å². The maximum absolute atomic E-state index is 12.2. The van der Waals surface area contributed by atoms with Crippen LogP contribution in [0.4, 0.5) is 5.69 Å². The summed E-state index contributed by atoms with van der Waals surface area (Å²) in [6.07, 6.45) is 4.69. The van der Waals surface area contributed by atoms with E-state index in [1.165, 1.54) is 0 Å². The number of halogens is 1. The summed E-state index contributed by atoms with van der Waals surface area (Å²) < 4.78 is 0. The van der Waals surface area contributed by atoms with Gasteiger partial charge in [0, 0.05) is 41.7 Å². The van der Waals surface area contributed by atoms with Crippen molar-refractivity contribution in [3.8, 4) is 0 Å². The second-order valence-electron chi connectivity index (χ2n) is 5.88. The molecule has 25 heavy (non-hydrogen) atoms. The first-order valence-corrected chi connectivity index (χ1v) is 9.20. The van der Waals surface area contributed by atoms with Crippen LogP contribution in [-0.2, 0) is 20.9 Å². The summed E-state index contributed by atoms with van der Waals surface area (Å²) in [5.41, 5.74) is 3.07. The van der Waals surface area contributed by atoms with Crippen molar-refractivity contribution in [2.24, 2.45) is 0 Å². The number of nitrogens with zero attached hydrogens (tertiary/aromatic N) is 1. The predicted octanol–water partition coefficient (Wildman–Crippen LogP) is 1.84. The van der Waals surface area contributed by atoms with E-state index in [2.05, 4.69) is 26.6 Å². The molecule has 1 saturated heterocycles. The lowest BCUT2D eigenvalue weighted by atomic mass is 10.0. The fourth-order valence-corrected chi connectivity index (χ4v) is 3.49. The van der Waals surface area contributed by atoms with Gasteiger partial charge in [0.1, 0.15) is 11.7 Å². The lowest BCUT2D eigenvalue weighted by molar-refractivity contribution is -0.136. The summed E-state index contributed by atoms with van der Waals surface area (Å²) in [7, 11) is 0.